The molecule has 0 bridgehead atoms. The Balaban J connectivity index is 2.00. The second kappa shape index (κ2) is 8.88. The molecule has 0 unspecified atom stereocenters. The fraction of sp³-hybridized carbons (Fsp3) is 0.263. The number of carbonyl (C=O) groups is 2. The van der Waals surface area contributed by atoms with Crippen LogP contribution in [0.2, 0.25) is 0 Å². The van der Waals surface area contributed by atoms with E-state index in [-0.39, 0.29) is 31.2 Å². The number of hydrogen-bond acceptors (Lipinski definition) is 4. The number of rotatable bonds is 8. The fourth-order valence-corrected chi connectivity index (χ4v) is 3.23. The van der Waals surface area contributed by atoms with E-state index in [2.05, 4.69) is 5.32 Å². The van der Waals surface area contributed by atoms with Gasteiger partial charge in [0.2, 0.25) is 15.9 Å². The summed E-state index contributed by atoms with van der Waals surface area (Å²) in [5.74, 6) is -0.895. The third-order valence-corrected chi connectivity index (χ3v) is 5.13. The van der Waals surface area contributed by atoms with E-state index in [1.54, 1.807) is 24.3 Å². The molecule has 1 amide bonds. The number of nitrogens with one attached hydrogen (secondary N) is 1. The van der Waals surface area contributed by atoms with Gasteiger partial charge in [0.15, 0.2) is 5.78 Å². The van der Waals surface area contributed by atoms with Gasteiger partial charge in [-0.25, -0.2) is 12.8 Å². The number of sulfonamides is 1. The van der Waals surface area contributed by atoms with Gasteiger partial charge in [-0.2, -0.15) is 4.31 Å². The van der Waals surface area contributed by atoms with E-state index in [0.717, 1.165) is 10.6 Å². The van der Waals surface area contributed by atoms with Crippen LogP contribution in [0.25, 0.3) is 0 Å². The summed E-state index contributed by atoms with van der Waals surface area (Å²) in [5, 5.41) is 2.65. The summed E-state index contributed by atoms with van der Waals surface area (Å²) in [6, 6.07) is 12.0. The Morgan fingerprint density at radius 3 is 2.37 bits per heavy atom. The van der Waals surface area contributed by atoms with Crippen LogP contribution in [-0.4, -0.2) is 37.2 Å². The molecule has 0 heterocycles. The molecule has 0 aliphatic rings. The highest BCUT2D eigenvalue weighted by Crippen LogP contribution is 2.13. The minimum Gasteiger partial charge on any atom is -0.326 e. The summed E-state index contributed by atoms with van der Waals surface area (Å²) in [6.07, 6.45) is 1.00. The lowest BCUT2D eigenvalue weighted by Gasteiger charge is -2.20. The second-order valence-electron chi connectivity index (χ2n) is 6.16. The van der Waals surface area contributed by atoms with Crippen molar-refractivity contribution in [3.05, 3.63) is 65.5 Å². The van der Waals surface area contributed by atoms with Gasteiger partial charge in [0.05, 0.1) is 6.26 Å². The van der Waals surface area contributed by atoms with Gasteiger partial charge in [-0.15, -0.1) is 0 Å². The second-order valence-corrected chi connectivity index (χ2v) is 8.14. The number of amides is 1. The maximum Gasteiger partial charge on any atom is 0.225 e. The highest BCUT2D eigenvalue weighted by Gasteiger charge is 2.18. The number of carbonyl (C=O) groups excluding carboxylic acids is 2. The van der Waals surface area contributed by atoms with Crippen molar-refractivity contribution < 1.29 is 22.4 Å². The zero-order valence-corrected chi connectivity index (χ0v) is 15.9. The van der Waals surface area contributed by atoms with Gasteiger partial charge in [-0.1, -0.05) is 24.3 Å². The number of anilines is 1. The highest BCUT2D eigenvalue weighted by molar-refractivity contribution is 7.88. The SMILES string of the molecule is CC(=O)c1cccc(NC(=O)CCN(Cc2ccc(F)cc2)S(C)(=O)=O)c1. The van der Waals surface area contributed by atoms with Crippen LogP contribution in [0.4, 0.5) is 10.1 Å². The standard InChI is InChI=1S/C19H21FN2O4S/c1-14(23)16-4-3-5-18(12-16)21-19(24)10-11-22(27(2,25)26)13-15-6-8-17(20)9-7-15/h3-9,12H,10-11,13H2,1-2H3,(H,21,24). The van der Waals surface area contributed by atoms with E-state index in [1.807, 2.05) is 0 Å². The van der Waals surface area contributed by atoms with E-state index in [1.165, 1.54) is 31.2 Å². The molecule has 0 radical (unpaired) electrons. The van der Waals surface area contributed by atoms with E-state index in [0.29, 0.717) is 16.8 Å². The summed E-state index contributed by atoms with van der Waals surface area (Å²) >= 11 is 0. The van der Waals surface area contributed by atoms with Crippen LogP contribution in [0.15, 0.2) is 48.5 Å². The maximum atomic E-state index is 13.0. The van der Waals surface area contributed by atoms with Crippen LogP contribution in [0.1, 0.15) is 29.3 Å². The Labute approximate surface area is 158 Å². The minimum absolute atomic E-state index is 0.0194. The number of hydrogen-bond donors (Lipinski definition) is 1. The van der Waals surface area contributed by atoms with Crippen LogP contribution >= 0.6 is 0 Å². The average Bonchev–Trinajstić information content (AvgIpc) is 2.59. The molecular weight excluding hydrogens is 371 g/mol. The van der Waals surface area contributed by atoms with Crippen molar-refractivity contribution in [1.82, 2.24) is 4.31 Å². The predicted molar refractivity (Wildman–Crippen MR) is 101 cm³/mol. The van der Waals surface area contributed by atoms with Gasteiger partial charge in [0, 0.05) is 30.8 Å². The minimum atomic E-state index is -3.54. The molecule has 2 aromatic rings. The predicted octanol–water partition coefficient (Wildman–Crippen LogP) is 2.82. The van der Waals surface area contributed by atoms with Gasteiger partial charge in [-0.05, 0) is 36.8 Å². The number of nitrogens with zero attached hydrogens (tertiary/aromatic N) is 1. The van der Waals surface area contributed by atoms with E-state index in [4.69, 9.17) is 0 Å². The highest BCUT2D eigenvalue weighted by atomic mass is 32.2. The average molecular weight is 392 g/mol. The Bertz CT molecular complexity index is 927. The number of ketones is 1. The van der Waals surface area contributed by atoms with E-state index in [9.17, 15) is 22.4 Å². The zero-order valence-electron chi connectivity index (χ0n) is 15.1. The molecule has 0 spiro atoms. The zero-order chi connectivity index (χ0) is 20.0. The molecule has 0 saturated carbocycles. The van der Waals surface area contributed by atoms with Gasteiger partial charge >= 0.3 is 0 Å². The lowest BCUT2D eigenvalue weighted by Crippen LogP contribution is -2.32. The molecular formula is C19H21FN2O4S. The summed E-state index contributed by atoms with van der Waals surface area (Å²) in [5.41, 5.74) is 1.57. The largest absolute Gasteiger partial charge is 0.326 e. The van der Waals surface area contributed by atoms with Crippen molar-refractivity contribution in [2.24, 2.45) is 0 Å². The molecule has 0 aromatic heterocycles. The van der Waals surface area contributed by atoms with Crippen LogP contribution in [0, 0.1) is 5.82 Å². The van der Waals surface area contributed by atoms with Gasteiger partial charge in [-0.3, -0.25) is 9.59 Å². The van der Waals surface area contributed by atoms with Crippen molar-refractivity contribution >= 4 is 27.4 Å². The third-order valence-electron chi connectivity index (χ3n) is 3.88. The van der Waals surface area contributed by atoms with E-state index >= 15 is 0 Å². The van der Waals surface area contributed by atoms with Crippen molar-refractivity contribution in [2.45, 2.75) is 19.9 Å². The van der Waals surface area contributed by atoms with Crippen LogP contribution < -0.4 is 5.32 Å². The van der Waals surface area contributed by atoms with Crippen LogP contribution in [0.3, 0.4) is 0 Å². The van der Waals surface area contributed by atoms with Crippen LogP contribution in [0.5, 0.6) is 0 Å². The number of Topliss-reactive ketones (excluding diaryl/α,β-unsaturated/α-hetero) is 1. The Hall–Kier alpha value is -2.58. The normalized spacial score (nSPS) is 11.4. The Morgan fingerprint density at radius 2 is 1.78 bits per heavy atom. The van der Waals surface area contributed by atoms with Gasteiger partial charge in [0.1, 0.15) is 5.82 Å². The molecule has 0 fully saturated rings. The van der Waals surface area contributed by atoms with Gasteiger partial charge in [0.25, 0.3) is 0 Å². The molecule has 27 heavy (non-hydrogen) atoms. The molecule has 6 nitrogen and oxygen atoms in total. The number of halogens is 1. The quantitative estimate of drug-likeness (QED) is 0.700. The Morgan fingerprint density at radius 1 is 1.11 bits per heavy atom. The molecule has 0 aliphatic carbocycles. The molecule has 0 saturated heterocycles. The smallest absolute Gasteiger partial charge is 0.225 e. The van der Waals surface area contributed by atoms with Gasteiger partial charge < -0.3 is 5.32 Å². The Kier molecular flexibility index (Phi) is 6.81. The lowest BCUT2D eigenvalue weighted by molar-refractivity contribution is -0.116. The lowest BCUT2D eigenvalue weighted by atomic mass is 10.1. The summed E-state index contributed by atoms with van der Waals surface area (Å²) in [4.78, 5) is 23.5. The van der Waals surface area contributed by atoms with Crippen LogP contribution in [-0.2, 0) is 21.4 Å². The molecule has 2 aromatic carbocycles. The monoisotopic (exact) mass is 392 g/mol. The molecule has 2 rings (SSSR count). The first kappa shape index (κ1) is 20.7. The third kappa shape index (κ3) is 6.58. The topological polar surface area (TPSA) is 83.6 Å². The first-order chi connectivity index (χ1) is 12.6. The molecule has 144 valence electrons. The first-order valence-electron chi connectivity index (χ1n) is 8.25. The van der Waals surface area contributed by atoms with E-state index < -0.39 is 15.8 Å². The fourth-order valence-electron chi connectivity index (χ4n) is 2.42. The van der Waals surface area contributed by atoms with Crippen molar-refractivity contribution in [2.75, 3.05) is 18.1 Å². The molecule has 0 aliphatic heterocycles. The summed E-state index contributed by atoms with van der Waals surface area (Å²) in [7, 11) is -3.54. The molecule has 1 N–H and O–H groups in total. The molecule has 8 heteroatoms. The van der Waals surface area contributed by atoms with Crippen molar-refractivity contribution in [3.8, 4) is 0 Å². The van der Waals surface area contributed by atoms with Crippen molar-refractivity contribution in [1.29, 1.82) is 0 Å². The first-order valence-corrected chi connectivity index (χ1v) is 10.1. The number of benzene rings is 2. The van der Waals surface area contributed by atoms with Crippen molar-refractivity contribution in [3.63, 3.8) is 0 Å². The summed E-state index contributed by atoms with van der Waals surface area (Å²) in [6.45, 7) is 1.46. The molecule has 0 atom stereocenters. The maximum absolute atomic E-state index is 13.0. The summed E-state index contributed by atoms with van der Waals surface area (Å²) < 4.78 is 38.1.